The summed E-state index contributed by atoms with van der Waals surface area (Å²) in [7, 11) is 0. The van der Waals surface area contributed by atoms with E-state index in [0.717, 1.165) is 77.6 Å². The van der Waals surface area contributed by atoms with Gasteiger partial charge in [0, 0.05) is 38.5 Å². The van der Waals surface area contributed by atoms with Crippen LogP contribution in [0.3, 0.4) is 0 Å². The summed E-state index contributed by atoms with van der Waals surface area (Å²) in [5.41, 5.74) is 11.3. The fraction of sp³-hybridized carbons (Fsp3) is 0. The quantitative estimate of drug-likeness (QED) is 0.182. The van der Waals surface area contributed by atoms with Gasteiger partial charge in [0.05, 0.1) is 5.69 Å². The molecule has 0 aliphatic rings. The summed E-state index contributed by atoms with van der Waals surface area (Å²) in [6.45, 7) is 0. The van der Waals surface area contributed by atoms with Gasteiger partial charge in [-0.25, -0.2) is 0 Å². The Hall–Kier alpha value is -7.10. The van der Waals surface area contributed by atoms with Gasteiger partial charge in [0.15, 0.2) is 0 Å². The molecule has 2 aromatic heterocycles. The molecule has 248 valence electrons. The third-order valence-corrected chi connectivity index (χ3v) is 10.6. The first-order valence-electron chi connectivity index (χ1n) is 18.0. The summed E-state index contributed by atoms with van der Waals surface area (Å²) in [5.74, 6) is 0. The fourth-order valence-corrected chi connectivity index (χ4v) is 8.11. The lowest BCUT2D eigenvalue weighted by Crippen LogP contribution is -2.11. The van der Waals surface area contributed by atoms with E-state index < -0.39 is 0 Å². The zero-order chi connectivity index (χ0) is 34.9. The molecule has 0 aliphatic carbocycles. The zero-order valence-corrected chi connectivity index (χ0v) is 28.7. The molecule has 9 aromatic carbocycles. The van der Waals surface area contributed by atoms with E-state index in [1.165, 1.54) is 27.1 Å². The predicted octanol–water partition coefficient (Wildman–Crippen LogP) is 14.6. The standard InChI is InChI=1S/C50H31NO2/c1-2-12-33-27-37(24-23-32(33)11-1)34-15-9-16-38(28-34)51(39-25-26-47-43(31-39)41-18-6-8-21-46(41)52-47)45-20-7-5-17-40(45)42-19-10-22-48-50(42)44-29-35-13-3-4-14-36(35)30-49(44)53-48/h1-31H. The van der Waals surface area contributed by atoms with Crippen molar-refractivity contribution in [2.45, 2.75) is 0 Å². The summed E-state index contributed by atoms with van der Waals surface area (Å²) < 4.78 is 12.8. The Balaban J connectivity index is 1.16. The number of hydrogen-bond donors (Lipinski definition) is 0. The Labute approximate surface area is 305 Å². The lowest BCUT2D eigenvalue weighted by molar-refractivity contribution is 0.668. The Kier molecular flexibility index (Phi) is 6.55. The molecule has 3 nitrogen and oxygen atoms in total. The highest BCUT2D eigenvalue weighted by molar-refractivity contribution is 6.17. The smallest absolute Gasteiger partial charge is 0.136 e. The maximum atomic E-state index is 6.54. The van der Waals surface area contributed by atoms with Crippen LogP contribution in [0, 0.1) is 0 Å². The number of hydrogen-bond acceptors (Lipinski definition) is 3. The minimum absolute atomic E-state index is 0.870. The minimum Gasteiger partial charge on any atom is -0.456 e. The third-order valence-electron chi connectivity index (χ3n) is 10.6. The summed E-state index contributed by atoms with van der Waals surface area (Å²) >= 11 is 0. The van der Waals surface area contributed by atoms with Crippen LogP contribution in [0.15, 0.2) is 197 Å². The Morgan fingerprint density at radius 2 is 0.962 bits per heavy atom. The molecule has 0 saturated heterocycles. The van der Waals surface area contributed by atoms with Gasteiger partial charge in [-0.15, -0.1) is 0 Å². The number of fused-ring (bicyclic) bond motifs is 8. The third kappa shape index (κ3) is 4.82. The second-order valence-electron chi connectivity index (χ2n) is 13.7. The van der Waals surface area contributed by atoms with Crippen molar-refractivity contribution in [2.24, 2.45) is 0 Å². The van der Waals surface area contributed by atoms with Gasteiger partial charge in [-0.2, -0.15) is 0 Å². The topological polar surface area (TPSA) is 29.5 Å². The van der Waals surface area contributed by atoms with Crippen LogP contribution in [0.2, 0.25) is 0 Å². The Morgan fingerprint density at radius 1 is 0.321 bits per heavy atom. The van der Waals surface area contributed by atoms with Crippen LogP contribution < -0.4 is 4.90 Å². The van der Waals surface area contributed by atoms with Crippen molar-refractivity contribution in [1.82, 2.24) is 0 Å². The average Bonchev–Trinajstić information content (AvgIpc) is 3.78. The molecule has 3 heteroatoms. The van der Waals surface area contributed by atoms with Gasteiger partial charge in [0.25, 0.3) is 0 Å². The van der Waals surface area contributed by atoms with Crippen LogP contribution in [-0.2, 0) is 0 Å². The number of anilines is 3. The van der Waals surface area contributed by atoms with E-state index >= 15 is 0 Å². The van der Waals surface area contributed by atoms with Crippen molar-refractivity contribution < 1.29 is 8.83 Å². The molecule has 0 radical (unpaired) electrons. The van der Waals surface area contributed by atoms with Gasteiger partial charge in [-0.1, -0.05) is 121 Å². The van der Waals surface area contributed by atoms with Crippen molar-refractivity contribution in [1.29, 1.82) is 0 Å². The Morgan fingerprint density at radius 3 is 1.87 bits per heavy atom. The van der Waals surface area contributed by atoms with E-state index in [0.29, 0.717) is 0 Å². The second-order valence-corrected chi connectivity index (χ2v) is 13.7. The average molecular weight is 678 g/mol. The highest BCUT2D eigenvalue weighted by atomic mass is 16.3. The van der Waals surface area contributed by atoms with Crippen molar-refractivity contribution in [3.05, 3.63) is 188 Å². The maximum absolute atomic E-state index is 6.54. The molecular weight excluding hydrogens is 647 g/mol. The normalized spacial score (nSPS) is 11.8. The molecule has 2 heterocycles. The van der Waals surface area contributed by atoms with Crippen LogP contribution in [0.5, 0.6) is 0 Å². The minimum atomic E-state index is 0.870. The first-order chi connectivity index (χ1) is 26.2. The predicted molar refractivity (Wildman–Crippen MR) is 222 cm³/mol. The molecule has 0 amide bonds. The highest BCUT2D eigenvalue weighted by Crippen LogP contribution is 2.46. The fourth-order valence-electron chi connectivity index (χ4n) is 8.11. The van der Waals surface area contributed by atoms with Crippen LogP contribution in [-0.4, -0.2) is 0 Å². The van der Waals surface area contributed by atoms with E-state index in [1.54, 1.807) is 0 Å². The van der Waals surface area contributed by atoms with Gasteiger partial charge in [-0.3, -0.25) is 0 Å². The monoisotopic (exact) mass is 677 g/mol. The van der Waals surface area contributed by atoms with E-state index in [4.69, 9.17) is 8.83 Å². The van der Waals surface area contributed by atoms with Crippen LogP contribution in [0.25, 0.3) is 87.7 Å². The molecule has 0 spiro atoms. The maximum Gasteiger partial charge on any atom is 0.136 e. The molecule has 11 rings (SSSR count). The number of rotatable bonds is 5. The molecule has 0 bridgehead atoms. The van der Waals surface area contributed by atoms with Gasteiger partial charge < -0.3 is 13.7 Å². The van der Waals surface area contributed by atoms with Gasteiger partial charge in [0.2, 0.25) is 0 Å². The van der Waals surface area contributed by atoms with E-state index in [9.17, 15) is 0 Å². The summed E-state index contributed by atoms with van der Waals surface area (Å²) in [6.07, 6.45) is 0. The lowest BCUT2D eigenvalue weighted by atomic mass is 9.95. The van der Waals surface area contributed by atoms with E-state index in [2.05, 4.69) is 181 Å². The van der Waals surface area contributed by atoms with Crippen LogP contribution >= 0.6 is 0 Å². The van der Waals surface area contributed by atoms with E-state index in [-0.39, 0.29) is 0 Å². The highest BCUT2D eigenvalue weighted by Gasteiger charge is 2.22. The lowest BCUT2D eigenvalue weighted by Gasteiger charge is -2.28. The number of benzene rings is 9. The summed E-state index contributed by atoms with van der Waals surface area (Å²) in [4.78, 5) is 2.39. The molecule has 0 N–H and O–H groups in total. The van der Waals surface area contributed by atoms with Gasteiger partial charge >= 0.3 is 0 Å². The summed E-state index contributed by atoms with van der Waals surface area (Å²) in [6, 6.07) is 67.0. The SMILES string of the molecule is c1cc(-c2ccc3ccccc3c2)cc(N(c2ccc3oc4ccccc4c3c2)c2ccccc2-c2cccc3oc4cc5ccccc5cc4c23)c1. The van der Waals surface area contributed by atoms with Crippen molar-refractivity contribution in [3.8, 4) is 22.3 Å². The Bertz CT molecular complexity index is 3200. The molecule has 0 unspecified atom stereocenters. The van der Waals surface area contributed by atoms with Crippen LogP contribution in [0.1, 0.15) is 0 Å². The van der Waals surface area contributed by atoms with Crippen molar-refractivity contribution in [3.63, 3.8) is 0 Å². The molecular formula is C50H31NO2. The zero-order valence-electron chi connectivity index (χ0n) is 28.7. The van der Waals surface area contributed by atoms with E-state index in [1.807, 2.05) is 12.1 Å². The van der Waals surface area contributed by atoms with Crippen molar-refractivity contribution in [2.75, 3.05) is 4.90 Å². The van der Waals surface area contributed by atoms with Crippen molar-refractivity contribution >= 4 is 82.5 Å². The largest absolute Gasteiger partial charge is 0.456 e. The number of para-hydroxylation sites is 2. The van der Waals surface area contributed by atoms with Crippen LogP contribution in [0.4, 0.5) is 17.1 Å². The number of nitrogens with zero attached hydrogens (tertiary/aromatic N) is 1. The first-order valence-corrected chi connectivity index (χ1v) is 18.0. The molecule has 0 fully saturated rings. The van der Waals surface area contributed by atoms with Gasteiger partial charge in [0.1, 0.15) is 22.3 Å². The molecule has 11 aromatic rings. The first kappa shape index (κ1) is 29.6. The molecule has 0 aliphatic heterocycles. The second kappa shape index (κ2) is 11.7. The summed E-state index contributed by atoms with van der Waals surface area (Å²) in [5, 5.41) is 9.23. The molecule has 53 heavy (non-hydrogen) atoms. The molecule has 0 atom stereocenters. The molecule has 0 saturated carbocycles. The van der Waals surface area contributed by atoms with Gasteiger partial charge in [-0.05, 0) is 105 Å². The number of furan rings is 2.